The number of benzene rings is 1. The minimum absolute atomic E-state index is 0.485. The van der Waals surface area contributed by atoms with E-state index >= 15 is 0 Å². The van der Waals surface area contributed by atoms with Crippen LogP contribution < -0.4 is 5.32 Å². The molecule has 0 saturated carbocycles. The van der Waals surface area contributed by atoms with Crippen molar-refractivity contribution in [3.63, 3.8) is 0 Å². The quantitative estimate of drug-likeness (QED) is 0.909. The Morgan fingerprint density at radius 3 is 2.65 bits per heavy atom. The molecular weight excluding hydrogens is 278 g/mol. The van der Waals surface area contributed by atoms with Gasteiger partial charge < -0.3 is 5.32 Å². The van der Waals surface area contributed by atoms with Crippen molar-refractivity contribution < 1.29 is 8.78 Å². The van der Waals surface area contributed by atoms with E-state index in [2.05, 4.69) is 10.3 Å². The zero-order chi connectivity index (χ0) is 14.1. The average molecular weight is 294 g/mol. The first-order valence-electron chi connectivity index (χ1n) is 6.78. The highest BCUT2D eigenvalue weighted by molar-refractivity contribution is 7.12. The minimum Gasteiger partial charge on any atom is -0.317 e. The summed E-state index contributed by atoms with van der Waals surface area (Å²) in [7, 11) is 0. The molecule has 5 heteroatoms. The summed E-state index contributed by atoms with van der Waals surface area (Å²) in [6.45, 7) is 4.02. The summed E-state index contributed by atoms with van der Waals surface area (Å²) >= 11 is 1.67. The molecule has 0 atom stereocenters. The molecule has 0 amide bonds. The standard InChI is InChI=1S/C15H16F2N2S/c1-9-14(11-2-3-12(16)13(17)8-11)19-15(20-9)10-4-6-18-7-5-10/h2-3,8,10,18H,4-7H2,1H3. The second-order valence-electron chi connectivity index (χ2n) is 5.11. The smallest absolute Gasteiger partial charge is 0.159 e. The first kappa shape index (κ1) is 13.6. The van der Waals surface area contributed by atoms with Crippen LogP contribution in [-0.2, 0) is 0 Å². The molecular formula is C15H16F2N2S. The van der Waals surface area contributed by atoms with Gasteiger partial charge in [0.05, 0.1) is 10.7 Å². The first-order chi connectivity index (χ1) is 9.65. The van der Waals surface area contributed by atoms with E-state index in [9.17, 15) is 8.78 Å². The van der Waals surface area contributed by atoms with Crippen LogP contribution in [0.15, 0.2) is 18.2 Å². The molecule has 2 aromatic rings. The number of aryl methyl sites for hydroxylation is 1. The predicted octanol–water partition coefficient (Wildman–Crippen LogP) is 3.86. The number of aromatic nitrogens is 1. The van der Waals surface area contributed by atoms with E-state index in [-0.39, 0.29) is 0 Å². The summed E-state index contributed by atoms with van der Waals surface area (Å²) < 4.78 is 26.4. The van der Waals surface area contributed by atoms with Crippen molar-refractivity contribution in [3.05, 3.63) is 39.7 Å². The maximum Gasteiger partial charge on any atom is 0.159 e. The maximum atomic E-state index is 13.4. The molecule has 1 N–H and O–H groups in total. The van der Waals surface area contributed by atoms with E-state index in [1.807, 2.05) is 6.92 Å². The van der Waals surface area contributed by atoms with Gasteiger partial charge in [0, 0.05) is 16.4 Å². The fourth-order valence-corrected chi connectivity index (χ4v) is 3.68. The van der Waals surface area contributed by atoms with Crippen LogP contribution in [0.25, 0.3) is 11.3 Å². The molecule has 0 spiro atoms. The molecule has 0 radical (unpaired) electrons. The minimum atomic E-state index is -0.821. The molecule has 2 nitrogen and oxygen atoms in total. The summed E-state index contributed by atoms with van der Waals surface area (Å²) in [6, 6.07) is 3.98. The maximum absolute atomic E-state index is 13.4. The summed E-state index contributed by atoms with van der Waals surface area (Å²) in [5.41, 5.74) is 1.43. The monoisotopic (exact) mass is 294 g/mol. The van der Waals surface area contributed by atoms with E-state index < -0.39 is 11.6 Å². The largest absolute Gasteiger partial charge is 0.317 e. The van der Waals surface area contributed by atoms with Crippen LogP contribution in [0.3, 0.4) is 0 Å². The lowest BCUT2D eigenvalue weighted by Crippen LogP contribution is -2.26. The van der Waals surface area contributed by atoms with Crippen LogP contribution in [0.5, 0.6) is 0 Å². The van der Waals surface area contributed by atoms with Crippen molar-refractivity contribution in [1.29, 1.82) is 0 Å². The predicted molar refractivity (Wildman–Crippen MR) is 77.0 cm³/mol. The van der Waals surface area contributed by atoms with Crippen LogP contribution in [0.2, 0.25) is 0 Å². The number of nitrogens with one attached hydrogen (secondary N) is 1. The lowest BCUT2D eigenvalue weighted by molar-refractivity contribution is 0.459. The fourth-order valence-electron chi connectivity index (χ4n) is 2.57. The zero-order valence-corrected chi connectivity index (χ0v) is 12.1. The molecule has 1 aliphatic heterocycles. The first-order valence-corrected chi connectivity index (χ1v) is 7.60. The van der Waals surface area contributed by atoms with Gasteiger partial charge in [-0.2, -0.15) is 0 Å². The molecule has 0 unspecified atom stereocenters. The Labute approximate surface area is 120 Å². The summed E-state index contributed by atoms with van der Waals surface area (Å²) in [5, 5.41) is 4.45. The van der Waals surface area contributed by atoms with Crippen LogP contribution in [-0.4, -0.2) is 18.1 Å². The van der Waals surface area contributed by atoms with Crippen LogP contribution in [0, 0.1) is 18.6 Å². The third-order valence-electron chi connectivity index (χ3n) is 3.69. The number of hydrogen-bond donors (Lipinski definition) is 1. The van der Waals surface area contributed by atoms with Gasteiger partial charge in [-0.15, -0.1) is 11.3 Å². The highest BCUT2D eigenvalue weighted by Crippen LogP contribution is 2.34. The zero-order valence-electron chi connectivity index (χ0n) is 11.2. The Morgan fingerprint density at radius 1 is 1.20 bits per heavy atom. The lowest BCUT2D eigenvalue weighted by atomic mass is 9.99. The number of rotatable bonds is 2. The van der Waals surface area contributed by atoms with Gasteiger partial charge in [0.15, 0.2) is 11.6 Å². The normalized spacial score (nSPS) is 16.6. The number of thiazole rings is 1. The van der Waals surface area contributed by atoms with E-state index in [4.69, 9.17) is 0 Å². The van der Waals surface area contributed by atoms with E-state index in [0.717, 1.165) is 47.6 Å². The highest BCUT2D eigenvalue weighted by Gasteiger charge is 2.21. The van der Waals surface area contributed by atoms with Crippen molar-refractivity contribution in [2.24, 2.45) is 0 Å². The van der Waals surface area contributed by atoms with Gasteiger partial charge >= 0.3 is 0 Å². The molecule has 106 valence electrons. The molecule has 0 aliphatic carbocycles. The van der Waals surface area contributed by atoms with Gasteiger partial charge in [0.1, 0.15) is 0 Å². The highest BCUT2D eigenvalue weighted by atomic mass is 32.1. The van der Waals surface area contributed by atoms with Crippen molar-refractivity contribution >= 4 is 11.3 Å². The lowest BCUT2D eigenvalue weighted by Gasteiger charge is -2.20. The number of nitrogens with zero attached hydrogens (tertiary/aromatic N) is 1. The number of hydrogen-bond acceptors (Lipinski definition) is 3. The van der Waals surface area contributed by atoms with Gasteiger partial charge in [-0.25, -0.2) is 13.8 Å². The molecule has 1 fully saturated rings. The topological polar surface area (TPSA) is 24.9 Å². The second kappa shape index (κ2) is 5.58. The molecule has 0 bridgehead atoms. The Kier molecular flexibility index (Phi) is 3.81. The Balaban J connectivity index is 1.93. The van der Waals surface area contributed by atoms with E-state index in [1.54, 1.807) is 17.4 Å². The van der Waals surface area contributed by atoms with Crippen molar-refractivity contribution in [2.45, 2.75) is 25.7 Å². The average Bonchev–Trinajstić information content (AvgIpc) is 2.85. The van der Waals surface area contributed by atoms with Gasteiger partial charge in [-0.05, 0) is 51.1 Å². The Morgan fingerprint density at radius 2 is 1.95 bits per heavy atom. The summed E-state index contributed by atoms with van der Waals surface area (Å²) in [5.74, 6) is -1.16. The third-order valence-corrected chi connectivity index (χ3v) is 4.83. The van der Waals surface area contributed by atoms with Crippen molar-refractivity contribution in [1.82, 2.24) is 10.3 Å². The molecule has 2 heterocycles. The molecule has 20 heavy (non-hydrogen) atoms. The van der Waals surface area contributed by atoms with Gasteiger partial charge in [-0.3, -0.25) is 0 Å². The summed E-state index contributed by atoms with van der Waals surface area (Å²) in [4.78, 5) is 5.74. The van der Waals surface area contributed by atoms with Crippen molar-refractivity contribution in [3.8, 4) is 11.3 Å². The SMILES string of the molecule is Cc1sc(C2CCNCC2)nc1-c1ccc(F)c(F)c1. The fraction of sp³-hybridized carbons (Fsp3) is 0.400. The molecule has 3 rings (SSSR count). The Bertz CT molecular complexity index is 618. The van der Waals surface area contributed by atoms with E-state index in [1.165, 1.54) is 6.07 Å². The molecule has 1 aromatic heterocycles. The van der Waals surface area contributed by atoms with Crippen LogP contribution >= 0.6 is 11.3 Å². The molecule has 1 aromatic carbocycles. The van der Waals surface area contributed by atoms with Crippen LogP contribution in [0.4, 0.5) is 8.78 Å². The third kappa shape index (κ3) is 2.60. The van der Waals surface area contributed by atoms with Crippen molar-refractivity contribution in [2.75, 3.05) is 13.1 Å². The van der Waals surface area contributed by atoms with Gasteiger partial charge in [0.2, 0.25) is 0 Å². The molecule has 1 aliphatic rings. The van der Waals surface area contributed by atoms with Crippen LogP contribution in [0.1, 0.15) is 28.6 Å². The number of piperidine rings is 1. The van der Waals surface area contributed by atoms with E-state index in [0.29, 0.717) is 11.5 Å². The van der Waals surface area contributed by atoms with Gasteiger partial charge in [-0.1, -0.05) is 0 Å². The Hall–Kier alpha value is -1.33. The molecule has 1 saturated heterocycles. The van der Waals surface area contributed by atoms with Gasteiger partial charge in [0.25, 0.3) is 0 Å². The number of halogens is 2. The summed E-state index contributed by atoms with van der Waals surface area (Å²) in [6.07, 6.45) is 2.17. The second-order valence-corrected chi connectivity index (χ2v) is 6.34.